The van der Waals surface area contributed by atoms with Gasteiger partial charge >= 0.3 is 6.18 Å². The minimum Gasteiger partial charge on any atom is -0.383 e. The van der Waals surface area contributed by atoms with Crippen LogP contribution in [0.1, 0.15) is 56.0 Å². The molecule has 0 aliphatic carbocycles. The third-order valence-corrected chi connectivity index (χ3v) is 4.19. The molecule has 0 saturated carbocycles. The van der Waals surface area contributed by atoms with Crippen molar-refractivity contribution in [3.63, 3.8) is 0 Å². The highest BCUT2D eigenvalue weighted by Crippen LogP contribution is 2.33. The zero-order chi connectivity index (χ0) is 19.7. The maximum atomic E-state index is 12.7. The fraction of sp³-hybridized carbons (Fsp3) is 0.368. The number of hydrogen-bond donors (Lipinski definition) is 2. The van der Waals surface area contributed by atoms with E-state index >= 15 is 0 Å². The summed E-state index contributed by atoms with van der Waals surface area (Å²) in [5, 5.41) is 0. The summed E-state index contributed by atoms with van der Waals surface area (Å²) < 4.78 is 38.2. The van der Waals surface area contributed by atoms with Crippen LogP contribution in [0, 0.1) is 0 Å². The van der Waals surface area contributed by atoms with Gasteiger partial charge in [-0.15, -0.1) is 0 Å². The van der Waals surface area contributed by atoms with Gasteiger partial charge in [-0.3, -0.25) is 0 Å². The lowest BCUT2D eigenvalue weighted by Gasteiger charge is -2.22. The molecule has 1 aromatic carbocycles. The van der Waals surface area contributed by atoms with Crippen molar-refractivity contribution in [3.05, 3.63) is 52.7 Å². The molecule has 1 aromatic heterocycles. The van der Waals surface area contributed by atoms with E-state index < -0.39 is 17.2 Å². The van der Waals surface area contributed by atoms with Gasteiger partial charge in [-0.05, 0) is 23.6 Å². The van der Waals surface area contributed by atoms with Crippen LogP contribution in [0.15, 0.2) is 30.3 Å². The first-order chi connectivity index (χ1) is 11.9. The van der Waals surface area contributed by atoms with Gasteiger partial charge in [0, 0.05) is 11.0 Å². The van der Waals surface area contributed by atoms with Gasteiger partial charge < -0.3 is 11.5 Å². The topological polar surface area (TPSA) is 77.8 Å². The minimum atomic E-state index is -4.35. The van der Waals surface area contributed by atoms with Gasteiger partial charge in [0.15, 0.2) is 0 Å². The predicted molar refractivity (Wildman–Crippen MR) is 98.4 cm³/mol. The van der Waals surface area contributed by atoms with E-state index in [1.54, 1.807) is 0 Å². The fourth-order valence-corrected chi connectivity index (χ4v) is 2.61. The Balaban J connectivity index is 2.38. The second-order valence-electron chi connectivity index (χ2n) is 7.05. The molecule has 0 fully saturated rings. The van der Waals surface area contributed by atoms with Crippen molar-refractivity contribution in [2.75, 3.05) is 11.5 Å². The van der Waals surface area contributed by atoms with Crippen LogP contribution in [0.2, 0.25) is 0 Å². The summed E-state index contributed by atoms with van der Waals surface area (Å²) in [7, 11) is 0. The lowest BCUT2D eigenvalue weighted by atomic mass is 9.83. The fourth-order valence-electron chi connectivity index (χ4n) is 2.61. The average Bonchev–Trinajstić information content (AvgIpc) is 2.52. The monoisotopic (exact) mass is 364 g/mol. The van der Waals surface area contributed by atoms with E-state index in [0.29, 0.717) is 5.56 Å². The summed E-state index contributed by atoms with van der Waals surface area (Å²) in [4.78, 5) is 8.25. The van der Waals surface area contributed by atoms with E-state index in [-0.39, 0.29) is 17.7 Å². The standard InChI is InChI=1S/C19H23F3N4/c1-11(2)15-14(16(23)26-17(24)25-15)9-10-18(3,4)12-5-7-13(8-6-12)19(20,21)22/h5-11H,1-4H3,(H4,23,24,25,26)/b10-9-. The summed E-state index contributed by atoms with van der Waals surface area (Å²) in [6.45, 7) is 7.77. The van der Waals surface area contributed by atoms with Crippen LogP contribution in [0.3, 0.4) is 0 Å². The number of alkyl halides is 3. The Bertz CT molecular complexity index is 807. The Labute approximate surface area is 151 Å². The summed E-state index contributed by atoms with van der Waals surface area (Å²) >= 11 is 0. The minimum absolute atomic E-state index is 0.0939. The quantitative estimate of drug-likeness (QED) is 0.819. The van der Waals surface area contributed by atoms with Gasteiger partial charge in [0.2, 0.25) is 5.95 Å². The molecule has 0 radical (unpaired) electrons. The number of rotatable bonds is 4. The maximum Gasteiger partial charge on any atom is 0.416 e. The molecule has 4 nitrogen and oxygen atoms in total. The number of hydrogen-bond acceptors (Lipinski definition) is 4. The van der Waals surface area contributed by atoms with Gasteiger partial charge in [-0.25, -0.2) is 4.98 Å². The highest BCUT2D eigenvalue weighted by Gasteiger charge is 2.30. The Morgan fingerprint density at radius 2 is 1.50 bits per heavy atom. The van der Waals surface area contributed by atoms with Crippen LogP contribution in [-0.4, -0.2) is 9.97 Å². The number of halogens is 3. The largest absolute Gasteiger partial charge is 0.416 e. The maximum absolute atomic E-state index is 12.7. The first-order valence-electron chi connectivity index (χ1n) is 8.21. The van der Waals surface area contributed by atoms with Crippen LogP contribution in [0.4, 0.5) is 24.9 Å². The van der Waals surface area contributed by atoms with Crippen LogP contribution >= 0.6 is 0 Å². The first-order valence-corrected chi connectivity index (χ1v) is 8.21. The molecule has 4 N–H and O–H groups in total. The Kier molecular flexibility index (Phi) is 5.30. The molecule has 2 rings (SSSR count). The Hall–Kier alpha value is -2.57. The van der Waals surface area contributed by atoms with Crippen molar-refractivity contribution < 1.29 is 13.2 Å². The SMILES string of the molecule is CC(C)c1nc(N)nc(N)c1/C=C\C(C)(C)c1ccc(C(F)(F)F)cc1. The Morgan fingerprint density at radius 1 is 0.962 bits per heavy atom. The molecule has 2 aromatic rings. The molecule has 140 valence electrons. The predicted octanol–water partition coefficient (Wildman–Crippen LogP) is 4.77. The summed E-state index contributed by atoms with van der Waals surface area (Å²) in [5.41, 5.74) is 12.6. The van der Waals surface area contributed by atoms with E-state index in [1.807, 2.05) is 39.8 Å². The zero-order valence-electron chi connectivity index (χ0n) is 15.2. The summed E-state index contributed by atoms with van der Waals surface area (Å²) in [6, 6.07) is 5.15. The molecule has 0 bridgehead atoms. The van der Waals surface area contributed by atoms with E-state index in [9.17, 15) is 13.2 Å². The smallest absolute Gasteiger partial charge is 0.383 e. The number of nitrogen functional groups attached to an aromatic ring is 2. The zero-order valence-corrected chi connectivity index (χ0v) is 15.2. The van der Waals surface area contributed by atoms with Crippen LogP contribution in [0.5, 0.6) is 0 Å². The van der Waals surface area contributed by atoms with Crippen molar-refractivity contribution in [3.8, 4) is 0 Å². The van der Waals surface area contributed by atoms with Crippen molar-refractivity contribution in [1.29, 1.82) is 0 Å². The number of benzene rings is 1. The Morgan fingerprint density at radius 3 is 2.00 bits per heavy atom. The van der Waals surface area contributed by atoms with Gasteiger partial charge in [0.25, 0.3) is 0 Å². The van der Waals surface area contributed by atoms with E-state index in [4.69, 9.17) is 11.5 Å². The second-order valence-corrected chi connectivity index (χ2v) is 7.05. The van der Waals surface area contributed by atoms with Gasteiger partial charge in [0.05, 0.1) is 11.3 Å². The van der Waals surface area contributed by atoms with Gasteiger partial charge in [-0.1, -0.05) is 52.0 Å². The molecule has 0 atom stereocenters. The molecular weight excluding hydrogens is 341 g/mol. The van der Waals surface area contributed by atoms with Crippen molar-refractivity contribution in [2.24, 2.45) is 0 Å². The number of anilines is 2. The number of aromatic nitrogens is 2. The normalized spacial score (nSPS) is 12.9. The van der Waals surface area contributed by atoms with E-state index in [2.05, 4.69) is 9.97 Å². The molecule has 26 heavy (non-hydrogen) atoms. The number of allylic oxidation sites excluding steroid dienone is 1. The number of nitrogens with two attached hydrogens (primary N) is 2. The molecular formula is C19H23F3N4. The molecule has 0 amide bonds. The third kappa shape index (κ3) is 4.33. The molecule has 0 spiro atoms. The van der Waals surface area contributed by atoms with E-state index in [0.717, 1.165) is 23.4 Å². The van der Waals surface area contributed by atoms with Crippen LogP contribution < -0.4 is 11.5 Å². The van der Waals surface area contributed by atoms with Gasteiger partial charge in [-0.2, -0.15) is 18.2 Å². The van der Waals surface area contributed by atoms with Gasteiger partial charge in [0.1, 0.15) is 5.82 Å². The average molecular weight is 364 g/mol. The summed E-state index contributed by atoms with van der Waals surface area (Å²) in [5.74, 6) is 0.488. The molecule has 0 saturated heterocycles. The third-order valence-electron chi connectivity index (χ3n) is 4.19. The highest BCUT2D eigenvalue weighted by atomic mass is 19.4. The highest BCUT2D eigenvalue weighted by molar-refractivity contribution is 5.66. The molecule has 1 heterocycles. The van der Waals surface area contributed by atoms with Crippen molar-refractivity contribution in [1.82, 2.24) is 9.97 Å². The van der Waals surface area contributed by atoms with Crippen LogP contribution in [-0.2, 0) is 11.6 Å². The molecule has 0 aliphatic rings. The van der Waals surface area contributed by atoms with Crippen LogP contribution in [0.25, 0.3) is 6.08 Å². The lowest BCUT2D eigenvalue weighted by Crippen LogP contribution is -2.15. The lowest BCUT2D eigenvalue weighted by molar-refractivity contribution is -0.137. The number of nitrogens with zero attached hydrogens (tertiary/aromatic N) is 2. The second kappa shape index (κ2) is 6.97. The molecule has 0 unspecified atom stereocenters. The summed E-state index contributed by atoms with van der Waals surface area (Å²) in [6.07, 6.45) is -0.658. The first kappa shape index (κ1) is 19.8. The molecule has 0 aliphatic heterocycles. The molecule has 7 heteroatoms. The van der Waals surface area contributed by atoms with E-state index in [1.165, 1.54) is 12.1 Å². The van der Waals surface area contributed by atoms with Crippen molar-refractivity contribution in [2.45, 2.75) is 45.2 Å². The van der Waals surface area contributed by atoms with Crippen molar-refractivity contribution >= 4 is 17.8 Å².